The van der Waals surface area contributed by atoms with Crippen LogP contribution in [0.2, 0.25) is 0 Å². The maximum atomic E-state index is 6.50. The molecule has 0 aromatic carbocycles. The van der Waals surface area contributed by atoms with E-state index >= 15 is 0 Å². The van der Waals surface area contributed by atoms with Gasteiger partial charge in [-0.05, 0) is 49.5 Å². The Morgan fingerprint density at radius 3 is 2.44 bits per heavy atom. The van der Waals surface area contributed by atoms with Gasteiger partial charge < -0.3 is 5.73 Å². The summed E-state index contributed by atoms with van der Waals surface area (Å²) in [7, 11) is 2.02. The Morgan fingerprint density at radius 2 is 1.94 bits per heavy atom. The van der Waals surface area contributed by atoms with Crippen LogP contribution in [0.5, 0.6) is 0 Å². The molecule has 18 heavy (non-hydrogen) atoms. The standard InChI is InChI=1S/C15H27N3/c1-5-13-9-14(18(4)17-13)15(16)12-7-10(2)6-11(3)8-12/h9-12,15H,5-8,16H2,1-4H3. The van der Waals surface area contributed by atoms with Crippen molar-refractivity contribution in [3.05, 3.63) is 17.5 Å². The minimum Gasteiger partial charge on any atom is -0.322 e. The third kappa shape index (κ3) is 2.77. The maximum absolute atomic E-state index is 6.50. The molecule has 1 heterocycles. The number of hydrogen-bond donors (Lipinski definition) is 1. The van der Waals surface area contributed by atoms with Crippen molar-refractivity contribution in [2.75, 3.05) is 0 Å². The zero-order chi connectivity index (χ0) is 13.3. The molecule has 1 saturated carbocycles. The molecule has 2 N–H and O–H groups in total. The van der Waals surface area contributed by atoms with Crippen LogP contribution in [0.4, 0.5) is 0 Å². The molecule has 0 aliphatic heterocycles. The minimum atomic E-state index is 0.146. The van der Waals surface area contributed by atoms with Gasteiger partial charge in [0.2, 0.25) is 0 Å². The minimum absolute atomic E-state index is 0.146. The largest absolute Gasteiger partial charge is 0.322 e. The van der Waals surface area contributed by atoms with Gasteiger partial charge in [0.1, 0.15) is 0 Å². The molecular weight excluding hydrogens is 222 g/mol. The van der Waals surface area contributed by atoms with Gasteiger partial charge in [0.05, 0.1) is 11.4 Å². The van der Waals surface area contributed by atoms with Crippen molar-refractivity contribution in [1.82, 2.24) is 9.78 Å². The van der Waals surface area contributed by atoms with Crippen LogP contribution in [-0.4, -0.2) is 9.78 Å². The Hall–Kier alpha value is -0.830. The lowest BCUT2D eigenvalue weighted by atomic mass is 9.73. The van der Waals surface area contributed by atoms with Crippen molar-refractivity contribution < 1.29 is 0 Å². The van der Waals surface area contributed by atoms with Gasteiger partial charge in [0.15, 0.2) is 0 Å². The normalized spacial score (nSPS) is 30.4. The average molecular weight is 249 g/mol. The van der Waals surface area contributed by atoms with E-state index in [4.69, 9.17) is 5.73 Å². The SMILES string of the molecule is CCc1cc(C(N)C2CC(C)CC(C)C2)n(C)n1. The van der Waals surface area contributed by atoms with Crippen molar-refractivity contribution >= 4 is 0 Å². The zero-order valence-corrected chi connectivity index (χ0v) is 12.2. The summed E-state index contributed by atoms with van der Waals surface area (Å²) < 4.78 is 1.98. The fraction of sp³-hybridized carbons (Fsp3) is 0.800. The first-order chi connectivity index (χ1) is 8.51. The Morgan fingerprint density at radius 1 is 1.33 bits per heavy atom. The molecule has 1 aromatic heterocycles. The molecule has 3 atom stereocenters. The van der Waals surface area contributed by atoms with E-state index in [1.54, 1.807) is 0 Å². The Kier molecular flexibility index (Phi) is 4.10. The Balaban J connectivity index is 2.14. The zero-order valence-electron chi connectivity index (χ0n) is 12.2. The summed E-state index contributed by atoms with van der Waals surface area (Å²) in [5.74, 6) is 2.23. The van der Waals surface area contributed by atoms with Crippen LogP contribution in [0.25, 0.3) is 0 Å². The fourth-order valence-corrected chi connectivity index (χ4v) is 3.57. The predicted molar refractivity (Wildman–Crippen MR) is 75.2 cm³/mol. The molecule has 0 radical (unpaired) electrons. The second-order valence-electron chi connectivity index (χ2n) is 6.24. The van der Waals surface area contributed by atoms with E-state index in [2.05, 4.69) is 31.9 Å². The summed E-state index contributed by atoms with van der Waals surface area (Å²) in [5, 5.41) is 4.52. The van der Waals surface area contributed by atoms with E-state index in [0.29, 0.717) is 5.92 Å². The molecule has 1 aliphatic rings. The number of aryl methyl sites for hydroxylation is 2. The third-order valence-corrected chi connectivity index (χ3v) is 4.39. The number of rotatable bonds is 3. The quantitative estimate of drug-likeness (QED) is 0.894. The predicted octanol–water partition coefficient (Wildman–Crippen LogP) is 3.05. The first kappa shape index (κ1) is 13.6. The topological polar surface area (TPSA) is 43.8 Å². The molecule has 0 amide bonds. The fourth-order valence-electron chi connectivity index (χ4n) is 3.57. The lowest BCUT2D eigenvalue weighted by Crippen LogP contribution is -2.30. The third-order valence-electron chi connectivity index (χ3n) is 4.39. The van der Waals surface area contributed by atoms with Crippen molar-refractivity contribution in [3.8, 4) is 0 Å². The molecule has 3 nitrogen and oxygen atoms in total. The lowest BCUT2D eigenvalue weighted by Gasteiger charge is -2.34. The van der Waals surface area contributed by atoms with E-state index in [0.717, 1.165) is 24.0 Å². The molecule has 1 fully saturated rings. The summed E-state index contributed by atoms with van der Waals surface area (Å²) >= 11 is 0. The van der Waals surface area contributed by atoms with Gasteiger partial charge in [0.25, 0.3) is 0 Å². The molecule has 3 heteroatoms. The van der Waals surface area contributed by atoms with Gasteiger partial charge >= 0.3 is 0 Å². The van der Waals surface area contributed by atoms with Gasteiger partial charge in [-0.25, -0.2) is 0 Å². The molecule has 0 bridgehead atoms. The van der Waals surface area contributed by atoms with Crippen molar-refractivity contribution in [3.63, 3.8) is 0 Å². The van der Waals surface area contributed by atoms with Gasteiger partial charge in [-0.2, -0.15) is 5.10 Å². The lowest BCUT2D eigenvalue weighted by molar-refractivity contribution is 0.190. The van der Waals surface area contributed by atoms with Crippen molar-refractivity contribution in [2.24, 2.45) is 30.5 Å². The first-order valence-corrected chi connectivity index (χ1v) is 7.29. The molecular formula is C15H27N3. The number of aromatic nitrogens is 2. The van der Waals surface area contributed by atoms with Crippen LogP contribution in [0.3, 0.4) is 0 Å². The summed E-state index contributed by atoms with van der Waals surface area (Å²) in [4.78, 5) is 0. The van der Waals surface area contributed by atoms with E-state index in [9.17, 15) is 0 Å². The van der Waals surface area contributed by atoms with Crippen LogP contribution in [0.15, 0.2) is 6.07 Å². The van der Waals surface area contributed by atoms with E-state index < -0.39 is 0 Å². The Labute approximate surface area is 111 Å². The molecule has 3 unspecified atom stereocenters. The van der Waals surface area contributed by atoms with Crippen LogP contribution >= 0.6 is 0 Å². The van der Waals surface area contributed by atoms with Crippen LogP contribution < -0.4 is 5.73 Å². The summed E-state index contributed by atoms with van der Waals surface area (Å²) in [6, 6.07) is 2.34. The summed E-state index contributed by atoms with van der Waals surface area (Å²) in [6.07, 6.45) is 4.86. The highest BCUT2D eigenvalue weighted by Crippen LogP contribution is 2.38. The van der Waals surface area contributed by atoms with E-state index in [1.807, 2.05) is 11.7 Å². The highest BCUT2D eigenvalue weighted by atomic mass is 15.3. The molecule has 0 spiro atoms. The summed E-state index contributed by atoms with van der Waals surface area (Å²) in [5.41, 5.74) is 8.86. The molecule has 1 aromatic rings. The molecule has 102 valence electrons. The Bertz CT molecular complexity index is 386. The monoisotopic (exact) mass is 249 g/mol. The van der Waals surface area contributed by atoms with Gasteiger partial charge in [0, 0.05) is 13.1 Å². The van der Waals surface area contributed by atoms with E-state index in [-0.39, 0.29) is 6.04 Å². The first-order valence-electron chi connectivity index (χ1n) is 7.29. The highest BCUT2D eigenvalue weighted by molar-refractivity contribution is 5.15. The van der Waals surface area contributed by atoms with Gasteiger partial charge in [-0.3, -0.25) is 4.68 Å². The van der Waals surface area contributed by atoms with E-state index in [1.165, 1.54) is 25.0 Å². The molecule has 0 saturated heterocycles. The summed E-state index contributed by atoms with van der Waals surface area (Å²) in [6.45, 7) is 6.86. The molecule has 1 aliphatic carbocycles. The second-order valence-corrected chi connectivity index (χ2v) is 6.24. The van der Waals surface area contributed by atoms with Crippen LogP contribution in [-0.2, 0) is 13.5 Å². The van der Waals surface area contributed by atoms with Crippen molar-refractivity contribution in [2.45, 2.75) is 52.5 Å². The smallest absolute Gasteiger partial charge is 0.0625 e. The average Bonchev–Trinajstić information content (AvgIpc) is 2.68. The second kappa shape index (κ2) is 5.43. The number of nitrogens with zero attached hydrogens (tertiary/aromatic N) is 2. The number of hydrogen-bond acceptors (Lipinski definition) is 2. The van der Waals surface area contributed by atoms with Gasteiger partial charge in [-0.15, -0.1) is 0 Å². The van der Waals surface area contributed by atoms with Crippen LogP contribution in [0, 0.1) is 17.8 Å². The number of nitrogens with two attached hydrogens (primary N) is 1. The highest BCUT2D eigenvalue weighted by Gasteiger charge is 2.30. The van der Waals surface area contributed by atoms with Gasteiger partial charge in [-0.1, -0.05) is 20.8 Å². The van der Waals surface area contributed by atoms with Crippen molar-refractivity contribution in [1.29, 1.82) is 0 Å². The van der Waals surface area contributed by atoms with Crippen LogP contribution in [0.1, 0.15) is 57.5 Å². The maximum Gasteiger partial charge on any atom is 0.0625 e. The molecule has 2 rings (SSSR count).